The summed E-state index contributed by atoms with van der Waals surface area (Å²) in [4.78, 5) is 13.9. The molecule has 2 N–H and O–H groups in total. The number of nitrogens with zero attached hydrogens (tertiary/aromatic N) is 1. The van der Waals surface area contributed by atoms with Crippen LogP contribution in [0.5, 0.6) is 0 Å². The van der Waals surface area contributed by atoms with Crippen LogP contribution < -0.4 is 10.6 Å². The number of hydrogen-bond donors (Lipinski definition) is 1. The number of allylic oxidation sites excluding steroid dienone is 8. The van der Waals surface area contributed by atoms with Gasteiger partial charge in [0.25, 0.3) is 7.82 Å². The van der Waals surface area contributed by atoms with Gasteiger partial charge in [-0.25, -0.2) is 0 Å². The Morgan fingerprint density at radius 1 is 0.667 bits per heavy atom. The molecule has 0 aromatic rings. The van der Waals surface area contributed by atoms with Gasteiger partial charge in [0.05, 0.1) is 25.9 Å². The lowest BCUT2D eigenvalue weighted by atomic mass is 9.98. The first-order valence-electron chi connectivity index (χ1n) is 22.3. The number of phosphoric ester groups is 1. The molecular formula is C45H84N2O6P-. The second kappa shape index (κ2) is 36.3. The molecule has 1 heterocycles. The smallest absolute Gasteiger partial charge is 0.267 e. The van der Waals surface area contributed by atoms with Gasteiger partial charge in [-0.2, -0.15) is 0 Å². The third-order valence-electron chi connectivity index (χ3n) is 10.0. The first-order chi connectivity index (χ1) is 26.4. The van der Waals surface area contributed by atoms with Crippen molar-refractivity contribution >= 4 is 7.82 Å². The van der Waals surface area contributed by atoms with E-state index in [9.17, 15) is 9.46 Å². The summed E-state index contributed by atoms with van der Waals surface area (Å²) in [6.07, 6.45) is 50.1. The maximum atomic E-state index is 11.8. The highest BCUT2D eigenvalue weighted by molar-refractivity contribution is 7.45. The minimum atomic E-state index is -4.32. The predicted molar refractivity (Wildman–Crippen MR) is 228 cm³/mol. The van der Waals surface area contributed by atoms with Crippen LogP contribution in [-0.2, 0) is 23.1 Å². The van der Waals surface area contributed by atoms with E-state index in [1.165, 1.54) is 128 Å². The summed E-state index contributed by atoms with van der Waals surface area (Å²) in [7, 11) is -2.37. The Kier molecular flexibility index (Phi) is 34.2. The maximum Gasteiger partial charge on any atom is 0.267 e. The molecule has 54 heavy (non-hydrogen) atoms. The Bertz CT molecular complexity index is 955. The van der Waals surface area contributed by atoms with Crippen LogP contribution in [0.4, 0.5) is 0 Å². The standard InChI is InChI=1S/C45H85N2O6P/c1-4-6-8-10-12-14-16-18-20-22-24-26-28-30-32-34-36-45(37-35-33-31-29-27-25-23-21-19-17-15-13-11-9-7-5-2)50-43-44(53-45)42-47(3)39-41-52-54(48,49)51-40-38-46/h12-15,18-21,44H,4-11,16-17,22-43,46H2,1-3H3,(H,48,49)/p-1/b14-12-,15-13-,20-18-,21-19-/t44-/m0/s1. The van der Waals surface area contributed by atoms with Crippen LogP contribution in [0.25, 0.3) is 0 Å². The number of ether oxygens (including phenoxy) is 2. The van der Waals surface area contributed by atoms with Crippen LogP contribution >= 0.6 is 7.82 Å². The maximum absolute atomic E-state index is 11.8. The fraction of sp³-hybridized carbons (Fsp3) is 0.822. The van der Waals surface area contributed by atoms with Crippen molar-refractivity contribution in [3.8, 4) is 0 Å². The molecule has 316 valence electrons. The van der Waals surface area contributed by atoms with Gasteiger partial charge in [-0.15, -0.1) is 0 Å². The molecule has 1 unspecified atom stereocenters. The third-order valence-corrected chi connectivity index (χ3v) is 11.0. The van der Waals surface area contributed by atoms with Crippen LogP contribution in [0.15, 0.2) is 48.6 Å². The second-order valence-electron chi connectivity index (χ2n) is 15.3. The van der Waals surface area contributed by atoms with Crippen molar-refractivity contribution in [1.82, 2.24) is 4.90 Å². The van der Waals surface area contributed by atoms with Crippen molar-refractivity contribution in [3.05, 3.63) is 48.6 Å². The molecule has 2 atom stereocenters. The Morgan fingerprint density at radius 2 is 1.09 bits per heavy atom. The third kappa shape index (κ3) is 31.0. The monoisotopic (exact) mass is 780 g/mol. The fourth-order valence-corrected chi connectivity index (χ4v) is 7.52. The van der Waals surface area contributed by atoms with Gasteiger partial charge in [-0.1, -0.05) is 140 Å². The van der Waals surface area contributed by atoms with Crippen LogP contribution in [0.2, 0.25) is 0 Å². The lowest BCUT2D eigenvalue weighted by molar-refractivity contribution is -0.225. The second-order valence-corrected chi connectivity index (χ2v) is 16.7. The normalized spacial score (nSPS) is 17.4. The van der Waals surface area contributed by atoms with E-state index >= 15 is 0 Å². The largest absolute Gasteiger partial charge is 0.756 e. The molecule has 0 spiro atoms. The number of hydrogen-bond acceptors (Lipinski definition) is 8. The molecule has 0 saturated carbocycles. The van der Waals surface area contributed by atoms with Gasteiger partial charge in [0.15, 0.2) is 5.79 Å². The highest BCUT2D eigenvalue weighted by Crippen LogP contribution is 2.38. The average Bonchev–Trinajstić information content (AvgIpc) is 3.55. The van der Waals surface area contributed by atoms with E-state index < -0.39 is 13.6 Å². The lowest BCUT2D eigenvalue weighted by Crippen LogP contribution is -2.36. The quantitative estimate of drug-likeness (QED) is 0.0373. The number of rotatable bonds is 39. The van der Waals surface area contributed by atoms with Gasteiger partial charge < -0.3 is 34.0 Å². The summed E-state index contributed by atoms with van der Waals surface area (Å²) in [6.45, 7) is 6.26. The van der Waals surface area contributed by atoms with Gasteiger partial charge in [-0.3, -0.25) is 4.57 Å². The summed E-state index contributed by atoms with van der Waals surface area (Å²) in [5.41, 5.74) is 5.33. The molecular weight excluding hydrogens is 695 g/mol. The van der Waals surface area contributed by atoms with E-state index in [4.69, 9.17) is 24.3 Å². The predicted octanol–water partition coefficient (Wildman–Crippen LogP) is 11.9. The number of likely N-dealkylation sites (N-methyl/N-ethyl adjacent to an activating group) is 1. The Hall–Kier alpha value is -1.09. The molecule has 0 aromatic carbocycles. The summed E-state index contributed by atoms with van der Waals surface area (Å²) >= 11 is 0. The molecule has 9 heteroatoms. The van der Waals surface area contributed by atoms with Crippen molar-refractivity contribution in [2.24, 2.45) is 5.73 Å². The molecule has 8 nitrogen and oxygen atoms in total. The Labute approximate surface area is 333 Å². The molecule has 0 aromatic heterocycles. The van der Waals surface area contributed by atoms with E-state index in [0.717, 1.165) is 38.5 Å². The van der Waals surface area contributed by atoms with Crippen LogP contribution in [0.1, 0.15) is 181 Å². The van der Waals surface area contributed by atoms with Crippen molar-refractivity contribution in [2.75, 3.05) is 46.5 Å². The van der Waals surface area contributed by atoms with Crippen LogP contribution in [0.3, 0.4) is 0 Å². The molecule has 1 aliphatic heterocycles. The van der Waals surface area contributed by atoms with Gasteiger partial charge in [-0.05, 0) is 84.1 Å². The average molecular weight is 780 g/mol. The van der Waals surface area contributed by atoms with E-state index in [2.05, 4.69) is 62.5 Å². The number of unbranched alkanes of at least 4 members (excludes halogenated alkanes) is 18. The molecule has 0 aliphatic carbocycles. The molecule has 0 amide bonds. The summed E-state index contributed by atoms with van der Waals surface area (Å²) in [5, 5.41) is 0. The van der Waals surface area contributed by atoms with Gasteiger partial charge in [0, 0.05) is 32.5 Å². The summed E-state index contributed by atoms with van der Waals surface area (Å²) < 4.78 is 34.7. The molecule has 1 fully saturated rings. The Balaban J connectivity index is 2.37. The molecule has 1 aliphatic rings. The topological polar surface area (TPSA) is 106 Å². The summed E-state index contributed by atoms with van der Waals surface area (Å²) in [5.74, 6) is -0.507. The highest BCUT2D eigenvalue weighted by atomic mass is 31.2. The zero-order valence-electron chi connectivity index (χ0n) is 35.2. The molecule has 1 rings (SSSR count). The van der Waals surface area contributed by atoms with E-state index in [1.807, 2.05) is 11.9 Å². The minimum absolute atomic E-state index is 0.0280. The number of phosphoric acid groups is 1. The zero-order chi connectivity index (χ0) is 39.3. The van der Waals surface area contributed by atoms with E-state index in [1.54, 1.807) is 0 Å². The fourth-order valence-electron chi connectivity index (χ4n) is 6.81. The molecule has 0 bridgehead atoms. The highest BCUT2D eigenvalue weighted by Gasteiger charge is 2.40. The first kappa shape index (κ1) is 50.9. The van der Waals surface area contributed by atoms with E-state index in [-0.39, 0.29) is 25.9 Å². The molecule has 0 radical (unpaired) electrons. The lowest BCUT2D eigenvalue weighted by Gasteiger charge is -2.29. The molecule has 1 saturated heterocycles. The Morgan fingerprint density at radius 3 is 1.56 bits per heavy atom. The van der Waals surface area contributed by atoms with Crippen molar-refractivity contribution in [1.29, 1.82) is 0 Å². The van der Waals surface area contributed by atoms with Crippen molar-refractivity contribution in [2.45, 2.75) is 193 Å². The SMILES string of the molecule is CCCCC/C=C\C/C=C\CCCCCCCCC1(CCCCCCCC/C=C\C/C=C\CCCCC)OC[C@H](CN(C)CCOP(=O)([O-])OCCN)O1. The first-order valence-corrected chi connectivity index (χ1v) is 23.7. The van der Waals surface area contributed by atoms with E-state index in [0.29, 0.717) is 19.7 Å². The summed E-state index contributed by atoms with van der Waals surface area (Å²) in [6, 6.07) is 0. The number of nitrogens with two attached hydrogens (primary N) is 1. The minimum Gasteiger partial charge on any atom is -0.756 e. The van der Waals surface area contributed by atoms with Gasteiger partial charge in [0.2, 0.25) is 0 Å². The van der Waals surface area contributed by atoms with Crippen molar-refractivity contribution in [3.63, 3.8) is 0 Å². The van der Waals surface area contributed by atoms with Crippen LogP contribution in [0, 0.1) is 0 Å². The van der Waals surface area contributed by atoms with Gasteiger partial charge in [0.1, 0.15) is 0 Å². The zero-order valence-corrected chi connectivity index (χ0v) is 36.1. The van der Waals surface area contributed by atoms with Gasteiger partial charge >= 0.3 is 0 Å². The van der Waals surface area contributed by atoms with Crippen LogP contribution in [-0.4, -0.2) is 63.3 Å². The van der Waals surface area contributed by atoms with Crippen molar-refractivity contribution < 1.29 is 28.0 Å².